The molecule has 5 nitrogen and oxygen atoms in total. The Balaban J connectivity index is 1.38. The van der Waals surface area contributed by atoms with Crippen LogP contribution in [0.5, 0.6) is 0 Å². The molecule has 5 rings (SSSR count). The number of halogens is 2. The van der Waals surface area contributed by atoms with Gasteiger partial charge in [-0.3, -0.25) is 4.79 Å². The van der Waals surface area contributed by atoms with Crippen LogP contribution in [0.25, 0.3) is 0 Å². The Morgan fingerprint density at radius 3 is 2.67 bits per heavy atom. The van der Waals surface area contributed by atoms with Gasteiger partial charge in [-0.1, -0.05) is 37.3 Å². The first-order valence-corrected chi connectivity index (χ1v) is 13.8. The topological polar surface area (TPSA) is 58.4 Å². The fraction of sp³-hybridized carbons (Fsp3) is 0.393. The van der Waals surface area contributed by atoms with Crippen LogP contribution in [0.4, 0.5) is 14.5 Å². The minimum absolute atomic E-state index is 0.231. The smallest absolute Gasteiger partial charge is 0.272 e. The molecule has 1 amide bonds. The fourth-order valence-corrected chi connectivity index (χ4v) is 6.88. The van der Waals surface area contributed by atoms with E-state index in [1.807, 2.05) is 23.9 Å². The van der Waals surface area contributed by atoms with Crippen molar-refractivity contribution in [1.82, 2.24) is 9.29 Å². The Kier molecular flexibility index (Phi) is 7.34. The van der Waals surface area contributed by atoms with E-state index in [2.05, 4.69) is 41.2 Å². The van der Waals surface area contributed by atoms with Gasteiger partial charge in [0, 0.05) is 41.9 Å². The Morgan fingerprint density at radius 1 is 1.17 bits per heavy atom. The first-order valence-electron chi connectivity index (χ1n) is 12.6. The van der Waals surface area contributed by atoms with Gasteiger partial charge in [0.15, 0.2) is 11.6 Å². The number of nitrogens with one attached hydrogen (secondary N) is 2. The molecule has 2 aromatic carbocycles. The number of carbonyl (C=O) groups is 1. The number of anilines is 1. The van der Waals surface area contributed by atoms with Crippen LogP contribution in [0.1, 0.15) is 54.2 Å². The molecule has 36 heavy (non-hydrogen) atoms. The highest BCUT2D eigenvalue weighted by Crippen LogP contribution is 2.33. The minimum Gasteiger partial charge on any atom is -0.345 e. The number of fused-ring (bicyclic) bond motifs is 1. The van der Waals surface area contributed by atoms with Crippen molar-refractivity contribution in [2.45, 2.75) is 62.4 Å². The molecular weight excluding hydrogens is 478 g/mol. The number of amides is 1. The highest BCUT2D eigenvalue weighted by molar-refractivity contribution is 7.85. The third-order valence-electron chi connectivity index (χ3n) is 7.04. The Bertz CT molecular complexity index is 1290. The fourth-order valence-electron chi connectivity index (χ4n) is 4.74. The molecule has 1 aliphatic heterocycles. The summed E-state index contributed by atoms with van der Waals surface area (Å²) >= 11 is 0. The third-order valence-corrected chi connectivity index (χ3v) is 8.84. The lowest BCUT2D eigenvalue weighted by Crippen LogP contribution is -2.35. The van der Waals surface area contributed by atoms with Crippen molar-refractivity contribution in [2.24, 2.45) is 17.3 Å². The van der Waals surface area contributed by atoms with E-state index in [9.17, 15) is 13.6 Å². The van der Waals surface area contributed by atoms with Crippen molar-refractivity contribution in [1.29, 1.82) is 0 Å². The quantitative estimate of drug-likeness (QED) is 0.412. The lowest BCUT2D eigenvalue weighted by Gasteiger charge is -2.24. The summed E-state index contributed by atoms with van der Waals surface area (Å²) in [6, 6.07) is 14.6. The van der Waals surface area contributed by atoms with E-state index in [4.69, 9.17) is 4.36 Å². The molecule has 1 fully saturated rings. The summed E-state index contributed by atoms with van der Waals surface area (Å²) in [6.45, 7) is 2.30. The molecule has 1 aliphatic carbocycles. The van der Waals surface area contributed by atoms with Crippen molar-refractivity contribution in [3.63, 3.8) is 0 Å². The van der Waals surface area contributed by atoms with Gasteiger partial charge in [0.1, 0.15) is 5.69 Å². The maximum absolute atomic E-state index is 13.7. The molecule has 190 valence electrons. The number of nitrogens with zero attached hydrogens (tertiary/aromatic N) is 2. The summed E-state index contributed by atoms with van der Waals surface area (Å²) in [7, 11) is 1.36. The van der Waals surface area contributed by atoms with E-state index in [0.29, 0.717) is 23.7 Å². The second kappa shape index (κ2) is 10.6. The van der Waals surface area contributed by atoms with E-state index < -0.39 is 22.5 Å². The van der Waals surface area contributed by atoms with Gasteiger partial charge in [0.2, 0.25) is 0 Å². The lowest BCUT2D eigenvalue weighted by molar-refractivity contribution is 0.101. The largest absolute Gasteiger partial charge is 0.345 e. The summed E-state index contributed by atoms with van der Waals surface area (Å²) in [5, 5.41) is 2.75. The van der Waals surface area contributed by atoms with Crippen molar-refractivity contribution >= 4 is 22.5 Å². The van der Waals surface area contributed by atoms with Crippen LogP contribution in [0, 0.1) is 17.6 Å². The molecule has 0 radical (unpaired) electrons. The van der Waals surface area contributed by atoms with Gasteiger partial charge in [0.25, 0.3) is 5.91 Å². The average Bonchev–Trinajstić information content (AvgIpc) is 3.65. The van der Waals surface area contributed by atoms with Gasteiger partial charge in [-0.2, -0.15) is 0 Å². The van der Waals surface area contributed by atoms with Gasteiger partial charge in [-0.15, -0.1) is 0 Å². The van der Waals surface area contributed by atoms with Crippen LogP contribution in [0.3, 0.4) is 0 Å². The SMILES string of the molecule is CC(CCc1ccccc1)C1CCc2c(cn(C)c2C(=O)Nc2ccc(F)c(F)c2)S(=NC2CC2)N1. The first-order chi connectivity index (χ1) is 17.4. The lowest BCUT2D eigenvalue weighted by atomic mass is 9.91. The Hall–Kier alpha value is -2.84. The molecule has 8 heteroatoms. The van der Waals surface area contributed by atoms with Crippen molar-refractivity contribution in [3.05, 3.63) is 83.2 Å². The normalized spacial score (nSPS) is 20.6. The maximum atomic E-state index is 13.7. The van der Waals surface area contributed by atoms with Crippen LogP contribution in [-0.4, -0.2) is 22.6 Å². The molecule has 2 heterocycles. The predicted octanol–water partition coefficient (Wildman–Crippen LogP) is 5.97. The van der Waals surface area contributed by atoms with Gasteiger partial charge in [-0.05, 0) is 67.7 Å². The van der Waals surface area contributed by atoms with Gasteiger partial charge in [0.05, 0.1) is 10.9 Å². The number of hydrogen-bond donors (Lipinski definition) is 2. The van der Waals surface area contributed by atoms with Crippen molar-refractivity contribution in [3.8, 4) is 0 Å². The van der Waals surface area contributed by atoms with E-state index in [1.165, 1.54) is 11.6 Å². The molecule has 3 atom stereocenters. The van der Waals surface area contributed by atoms with Crippen LogP contribution in [0.15, 0.2) is 64.0 Å². The van der Waals surface area contributed by atoms with E-state index in [-0.39, 0.29) is 11.6 Å². The molecule has 1 aromatic heterocycles. The molecule has 2 aliphatic rings. The zero-order valence-electron chi connectivity index (χ0n) is 20.6. The van der Waals surface area contributed by atoms with Crippen molar-refractivity contribution < 1.29 is 13.6 Å². The Labute approximate surface area is 213 Å². The van der Waals surface area contributed by atoms with Crippen LogP contribution in [-0.2, 0) is 30.8 Å². The molecule has 3 aromatic rings. The predicted molar refractivity (Wildman–Crippen MR) is 140 cm³/mol. The van der Waals surface area contributed by atoms with Gasteiger partial charge in [-0.25, -0.2) is 17.9 Å². The van der Waals surface area contributed by atoms with Crippen molar-refractivity contribution in [2.75, 3.05) is 5.32 Å². The molecule has 0 saturated heterocycles. The minimum atomic E-state index is -0.986. The highest BCUT2D eigenvalue weighted by atomic mass is 32.2. The zero-order valence-corrected chi connectivity index (χ0v) is 21.5. The van der Waals surface area contributed by atoms with E-state index in [0.717, 1.165) is 61.1 Å². The molecular formula is C28H32F2N4OS. The van der Waals surface area contributed by atoms with Crippen LogP contribution >= 0.6 is 0 Å². The maximum Gasteiger partial charge on any atom is 0.272 e. The summed E-state index contributed by atoms with van der Waals surface area (Å²) < 4.78 is 37.8. The van der Waals surface area contributed by atoms with Gasteiger partial charge >= 0.3 is 0 Å². The average molecular weight is 511 g/mol. The molecule has 1 saturated carbocycles. The summed E-state index contributed by atoms with van der Waals surface area (Å²) in [4.78, 5) is 14.4. The monoisotopic (exact) mass is 510 g/mol. The highest BCUT2D eigenvalue weighted by Gasteiger charge is 2.31. The second-order valence-electron chi connectivity index (χ2n) is 9.90. The third kappa shape index (κ3) is 5.60. The van der Waals surface area contributed by atoms with E-state index >= 15 is 0 Å². The number of aromatic nitrogens is 1. The number of rotatable bonds is 7. The molecule has 2 N–H and O–H groups in total. The molecule has 3 unspecified atom stereocenters. The summed E-state index contributed by atoms with van der Waals surface area (Å²) in [5.41, 5.74) is 3.13. The number of hydrogen-bond acceptors (Lipinski definition) is 2. The molecule has 0 bridgehead atoms. The number of aryl methyl sites for hydroxylation is 2. The van der Waals surface area contributed by atoms with E-state index in [1.54, 1.807) is 0 Å². The standard InChI is InChI=1S/C28H32F2N4OS/c1-18(8-9-19-6-4-3-5-7-19)25-15-13-22-26(36(33-25)32-20-10-11-20)17-34(2)27(22)28(35)31-21-12-14-23(29)24(30)16-21/h3-7,12,14,16-18,20,25H,8-11,13,15H2,1-2H3,(H,31,35)(H,32,33). The summed E-state index contributed by atoms with van der Waals surface area (Å²) in [6.07, 6.45) is 8.01. The van der Waals surface area contributed by atoms with Crippen LogP contribution in [0.2, 0.25) is 0 Å². The number of benzene rings is 2. The zero-order chi connectivity index (χ0) is 25.2. The van der Waals surface area contributed by atoms with Gasteiger partial charge < -0.3 is 9.88 Å². The molecule has 0 spiro atoms. The summed E-state index contributed by atoms with van der Waals surface area (Å²) in [5.74, 6) is -1.80. The Morgan fingerprint density at radius 2 is 1.94 bits per heavy atom. The first kappa shape index (κ1) is 24.8. The number of carbonyl (C=O) groups excluding carboxylic acids is 1. The second-order valence-corrected chi connectivity index (χ2v) is 11.4. The van der Waals surface area contributed by atoms with Crippen LogP contribution < -0.4 is 10.0 Å².